The molecule has 0 bridgehead atoms. The third-order valence-electron chi connectivity index (χ3n) is 3.59. The summed E-state index contributed by atoms with van der Waals surface area (Å²) in [4.78, 5) is 14.2. The molecule has 5 heteroatoms. The van der Waals surface area contributed by atoms with Crippen LogP contribution >= 0.6 is 27.5 Å². The number of nitrogens with zero attached hydrogens (tertiary/aromatic N) is 1. The van der Waals surface area contributed by atoms with E-state index in [-0.39, 0.29) is 17.9 Å². The SMILES string of the molecule is CC(O)C1CCCN(C(=O)c2ccc(Br)cc2Cl)C1. The van der Waals surface area contributed by atoms with Crippen LogP contribution < -0.4 is 0 Å². The zero-order valence-corrected chi connectivity index (χ0v) is 13.1. The summed E-state index contributed by atoms with van der Waals surface area (Å²) in [6.07, 6.45) is 1.52. The van der Waals surface area contributed by atoms with Crippen LogP contribution in [0.15, 0.2) is 22.7 Å². The molecule has 1 aliphatic rings. The van der Waals surface area contributed by atoms with Crippen molar-refractivity contribution in [3.8, 4) is 0 Å². The van der Waals surface area contributed by atoms with E-state index < -0.39 is 0 Å². The molecule has 0 aromatic heterocycles. The van der Waals surface area contributed by atoms with Crippen LogP contribution in [0, 0.1) is 5.92 Å². The third kappa shape index (κ3) is 3.50. The molecule has 0 radical (unpaired) electrons. The van der Waals surface area contributed by atoms with Crippen LogP contribution in [0.2, 0.25) is 5.02 Å². The molecule has 1 saturated heterocycles. The average molecular weight is 347 g/mol. The molecule has 3 nitrogen and oxygen atoms in total. The van der Waals surface area contributed by atoms with E-state index in [9.17, 15) is 9.90 Å². The predicted molar refractivity (Wildman–Crippen MR) is 79.5 cm³/mol. The van der Waals surface area contributed by atoms with Crippen molar-refractivity contribution in [3.63, 3.8) is 0 Å². The highest BCUT2D eigenvalue weighted by molar-refractivity contribution is 9.10. The first-order valence-electron chi connectivity index (χ1n) is 6.41. The highest BCUT2D eigenvalue weighted by atomic mass is 79.9. The molecule has 1 fully saturated rings. The van der Waals surface area contributed by atoms with Gasteiger partial charge in [0.05, 0.1) is 16.7 Å². The van der Waals surface area contributed by atoms with Gasteiger partial charge >= 0.3 is 0 Å². The van der Waals surface area contributed by atoms with Gasteiger partial charge in [-0.2, -0.15) is 0 Å². The topological polar surface area (TPSA) is 40.5 Å². The summed E-state index contributed by atoms with van der Waals surface area (Å²) >= 11 is 9.44. The van der Waals surface area contributed by atoms with Crippen LogP contribution in [0.4, 0.5) is 0 Å². The zero-order valence-electron chi connectivity index (χ0n) is 10.8. The second kappa shape index (κ2) is 6.25. The van der Waals surface area contributed by atoms with Gasteiger partial charge < -0.3 is 10.0 Å². The van der Waals surface area contributed by atoms with E-state index >= 15 is 0 Å². The van der Waals surface area contributed by atoms with Crippen LogP contribution in [0.25, 0.3) is 0 Å². The van der Waals surface area contributed by atoms with E-state index in [2.05, 4.69) is 15.9 Å². The van der Waals surface area contributed by atoms with Gasteiger partial charge in [0, 0.05) is 23.5 Å². The highest BCUT2D eigenvalue weighted by Crippen LogP contribution is 2.26. The summed E-state index contributed by atoms with van der Waals surface area (Å²) in [6, 6.07) is 5.28. The van der Waals surface area contributed by atoms with Crippen LogP contribution in [0.3, 0.4) is 0 Å². The van der Waals surface area contributed by atoms with Crippen LogP contribution in [-0.4, -0.2) is 35.1 Å². The van der Waals surface area contributed by atoms with Gasteiger partial charge in [0.15, 0.2) is 0 Å². The molecule has 1 heterocycles. The molecule has 104 valence electrons. The average Bonchev–Trinajstić information content (AvgIpc) is 2.38. The van der Waals surface area contributed by atoms with E-state index in [0.717, 1.165) is 23.9 Å². The van der Waals surface area contributed by atoms with Crippen molar-refractivity contribution in [1.82, 2.24) is 4.90 Å². The second-order valence-corrected chi connectivity index (χ2v) is 6.34. The summed E-state index contributed by atoms with van der Waals surface area (Å²) in [6.45, 7) is 3.11. The Morgan fingerprint density at radius 1 is 1.58 bits per heavy atom. The van der Waals surface area contributed by atoms with Gasteiger partial charge in [-0.05, 0) is 38.0 Å². The Morgan fingerprint density at radius 2 is 2.32 bits per heavy atom. The predicted octanol–water partition coefficient (Wildman–Crippen LogP) is 3.34. The lowest BCUT2D eigenvalue weighted by atomic mass is 9.93. The number of benzene rings is 1. The van der Waals surface area contributed by atoms with Crippen LogP contribution in [0.5, 0.6) is 0 Å². The molecular formula is C14H17BrClNO2. The van der Waals surface area contributed by atoms with Gasteiger partial charge in [-0.3, -0.25) is 4.79 Å². The fourth-order valence-corrected chi connectivity index (χ4v) is 3.18. The smallest absolute Gasteiger partial charge is 0.255 e. The van der Waals surface area contributed by atoms with E-state index in [0.29, 0.717) is 17.1 Å². The molecule has 1 aromatic rings. The van der Waals surface area contributed by atoms with E-state index in [4.69, 9.17) is 11.6 Å². The fourth-order valence-electron chi connectivity index (χ4n) is 2.42. The van der Waals surface area contributed by atoms with E-state index in [1.54, 1.807) is 24.0 Å². The number of piperidine rings is 1. The van der Waals surface area contributed by atoms with Crippen molar-refractivity contribution < 1.29 is 9.90 Å². The largest absolute Gasteiger partial charge is 0.393 e. The summed E-state index contributed by atoms with van der Waals surface area (Å²) in [5.74, 6) is 0.106. The van der Waals surface area contributed by atoms with Gasteiger partial charge in [-0.1, -0.05) is 27.5 Å². The molecule has 2 rings (SSSR count). The maximum atomic E-state index is 12.4. The van der Waals surface area contributed by atoms with Crippen molar-refractivity contribution in [2.45, 2.75) is 25.9 Å². The van der Waals surface area contributed by atoms with Crippen molar-refractivity contribution in [3.05, 3.63) is 33.3 Å². The van der Waals surface area contributed by atoms with Gasteiger partial charge in [0.2, 0.25) is 0 Å². The Balaban J connectivity index is 2.15. The normalized spacial score (nSPS) is 21.3. The second-order valence-electron chi connectivity index (χ2n) is 5.02. The zero-order chi connectivity index (χ0) is 14.0. The maximum absolute atomic E-state index is 12.4. The first-order valence-corrected chi connectivity index (χ1v) is 7.58. The minimum Gasteiger partial charge on any atom is -0.393 e. The number of hydrogen-bond acceptors (Lipinski definition) is 2. The Labute approximate surface area is 126 Å². The molecule has 0 saturated carbocycles. The van der Waals surface area contributed by atoms with E-state index in [1.807, 2.05) is 6.07 Å². The quantitative estimate of drug-likeness (QED) is 0.892. The molecular weight excluding hydrogens is 330 g/mol. The standard InChI is InChI=1S/C14H17BrClNO2/c1-9(18)10-3-2-6-17(8-10)14(19)12-5-4-11(15)7-13(12)16/h4-5,7,9-10,18H,2-3,6,8H2,1H3. The number of amides is 1. The number of aliphatic hydroxyl groups is 1. The summed E-state index contributed by atoms with van der Waals surface area (Å²) in [7, 11) is 0. The third-order valence-corrected chi connectivity index (χ3v) is 4.39. The molecule has 0 aliphatic carbocycles. The molecule has 1 aromatic carbocycles. The molecule has 2 unspecified atom stereocenters. The van der Waals surface area contributed by atoms with Crippen molar-refractivity contribution in [2.75, 3.05) is 13.1 Å². The number of halogens is 2. The number of likely N-dealkylation sites (tertiary alicyclic amines) is 1. The van der Waals surface area contributed by atoms with Gasteiger partial charge in [-0.15, -0.1) is 0 Å². The minimum absolute atomic E-state index is 0.0529. The molecule has 1 aliphatic heterocycles. The highest BCUT2D eigenvalue weighted by Gasteiger charge is 2.27. The number of rotatable bonds is 2. The molecule has 1 amide bonds. The summed E-state index contributed by atoms with van der Waals surface area (Å²) in [5, 5.41) is 10.1. The molecule has 1 N–H and O–H groups in total. The van der Waals surface area contributed by atoms with Gasteiger partial charge in [0.1, 0.15) is 0 Å². The number of carbonyl (C=O) groups is 1. The Kier molecular flexibility index (Phi) is 4.87. The number of aliphatic hydroxyl groups excluding tert-OH is 1. The molecule has 19 heavy (non-hydrogen) atoms. The first-order chi connectivity index (χ1) is 8.99. The van der Waals surface area contributed by atoms with Crippen molar-refractivity contribution in [2.24, 2.45) is 5.92 Å². The van der Waals surface area contributed by atoms with Crippen molar-refractivity contribution in [1.29, 1.82) is 0 Å². The lowest BCUT2D eigenvalue weighted by Gasteiger charge is -2.34. The Bertz CT molecular complexity index is 479. The Morgan fingerprint density at radius 3 is 2.95 bits per heavy atom. The fraction of sp³-hybridized carbons (Fsp3) is 0.500. The van der Waals surface area contributed by atoms with Crippen molar-refractivity contribution >= 4 is 33.4 Å². The molecule has 0 spiro atoms. The van der Waals surface area contributed by atoms with E-state index in [1.165, 1.54) is 0 Å². The minimum atomic E-state index is -0.379. The van der Waals surface area contributed by atoms with Gasteiger partial charge in [0.25, 0.3) is 5.91 Å². The number of carbonyl (C=O) groups excluding carboxylic acids is 1. The molecule has 2 atom stereocenters. The van der Waals surface area contributed by atoms with Crippen LogP contribution in [-0.2, 0) is 0 Å². The Hall–Kier alpha value is -0.580. The maximum Gasteiger partial charge on any atom is 0.255 e. The van der Waals surface area contributed by atoms with Gasteiger partial charge in [-0.25, -0.2) is 0 Å². The monoisotopic (exact) mass is 345 g/mol. The summed E-state index contributed by atoms with van der Waals surface area (Å²) in [5.41, 5.74) is 0.524. The number of hydrogen-bond donors (Lipinski definition) is 1. The summed E-state index contributed by atoms with van der Waals surface area (Å²) < 4.78 is 0.856. The van der Waals surface area contributed by atoms with Crippen LogP contribution in [0.1, 0.15) is 30.1 Å². The first kappa shape index (κ1) is 14.8. The lowest BCUT2D eigenvalue weighted by Crippen LogP contribution is -2.43. The lowest BCUT2D eigenvalue weighted by molar-refractivity contribution is 0.0466.